The molecule has 1 aliphatic heterocycles. The fraction of sp³-hybridized carbons (Fsp3) is 0.560. The third-order valence-electron chi connectivity index (χ3n) is 6.93. The lowest BCUT2D eigenvalue weighted by Crippen LogP contribution is -2.47. The molecule has 30 heavy (non-hydrogen) atoms. The number of hydrogen-bond donors (Lipinski definition) is 1. The average molecular weight is 411 g/mol. The number of pyridine rings is 1. The number of hydrogen-bond acceptors (Lipinski definition) is 5. The minimum atomic E-state index is 0.0686. The van der Waals surface area contributed by atoms with E-state index in [1.165, 1.54) is 36.9 Å². The number of nitrogens with one attached hydrogen (secondary N) is 1. The highest BCUT2D eigenvalue weighted by molar-refractivity contribution is 5.42. The second-order valence-corrected chi connectivity index (χ2v) is 8.78. The smallest absolute Gasteiger partial charge is 0.161 e. The zero-order valence-electron chi connectivity index (χ0n) is 18.3. The van der Waals surface area contributed by atoms with E-state index in [0.29, 0.717) is 0 Å². The molecule has 0 unspecified atom stereocenters. The fourth-order valence-corrected chi connectivity index (χ4v) is 5.35. The lowest BCUT2D eigenvalue weighted by atomic mass is 9.68. The highest BCUT2D eigenvalue weighted by atomic mass is 16.5. The summed E-state index contributed by atoms with van der Waals surface area (Å²) in [6.07, 6.45) is 10.1. The molecular formula is C25H34N2O3. The van der Waals surface area contributed by atoms with Gasteiger partial charge < -0.3 is 19.5 Å². The summed E-state index contributed by atoms with van der Waals surface area (Å²) in [5, 5.41) is 3.65. The molecule has 2 fully saturated rings. The van der Waals surface area contributed by atoms with Crippen molar-refractivity contribution in [1.82, 2.24) is 10.3 Å². The van der Waals surface area contributed by atoms with Crippen molar-refractivity contribution >= 4 is 0 Å². The summed E-state index contributed by atoms with van der Waals surface area (Å²) >= 11 is 0. The predicted molar refractivity (Wildman–Crippen MR) is 118 cm³/mol. The second-order valence-electron chi connectivity index (χ2n) is 8.78. The molecule has 0 amide bonds. The monoisotopic (exact) mass is 410 g/mol. The molecule has 2 aliphatic rings. The van der Waals surface area contributed by atoms with Crippen LogP contribution in [0.5, 0.6) is 11.5 Å². The van der Waals surface area contributed by atoms with Gasteiger partial charge in [0.15, 0.2) is 11.5 Å². The molecule has 1 atom stereocenters. The summed E-state index contributed by atoms with van der Waals surface area (Å²) in [7, 11) is 3.34. The summed E-state index contributed by atoms with van der Waals surface area (Å²) in [5.41, 5.74) is 2.58. The van der Waals surface area contributed by atoms with E-state index in [0.717, 1.165) is 50.5 Å². The van der Waals surface area contributed by atoms with Crippen LogP contribution in [-0.2, 0) is 16.7 Å². The van der Waals surface area contributed by atoms with Crippen LogP contribution >= 0.6 is 0 Å². The van der Waals surface area contributed by atoms with Gasteiger partial charge in [-0.15, -0.1) is 0 Å². The lowest BCUT2D eigenvalue weighted by Gasteiger charge is -2.46. The van der Waals surface area contributed by atoms with Crippen LogP contribution in [0.4, 0.5) is 0 Å². The Balaban J connectivity index is 1.43. The molecule has 1 saturated carbocycles. The van der Waals surface area contributed by atoms with Gasteiger partial charge in [0.2, 0.25) is 0 Å². The minimum absolute atomic E-state index is 0.0686. The first-order chi connectivity index (χ1) is 14.7. The van der Waals surface area contributed by atoms with Gasteiger partial charge in [0, 0.05) is 30.5 Å². The number of benzene rings is 1. The van der Waals surface area contributed by atoms with Gasteiger partial charge in [-0.3, -0.25) is 4.98 Å². The summed E-state index contributed by atoms with van der Waals surface area (Å²) in [6.45, 7) is 2.59. The summed E-state index contributed by atoms with van der Waals surface area (Å²) in [6, 6.07) is 12.4. The Morgan fingerprint density at radius 2 is 1.87 bits per heavy atom. The molecule has 1 aromatic carbocycles. The summed E-state index contributed by atoms with van der Waals surface area (Å²) < 4.78 is 17.1. The van der Waals surface area contributed by atoms with Crippen LogP contribution in [0.2, 0.25) is 0 Å². The van der Waals surface area contributed by atoms with E-state index >= 15 is 0 Å². The Morgan fingerprint density at radius 1 is 1.03 bits per heavy atom. The van der Waals surface area contributed by atoms with Crippen molar-refractivity contribution in [1.29, 1.82) is 0 Å². The largest absolute Gasteiger partial charge is 0.493 e. The van der Waals surface area contributed by atoms with Crippen LogP contribution < -0.4 is 14.8 Å². The Morgan fingerprint density at radius 3 is 2.60 bits per heavy atom. The highest BCUT2D eigenvalue weighted by Gasteiger charge is 2.48. The van der Waals surface area contributed by atoms with Crippen LogP contribution in [-0.4, -0.2) is 38.0 Å². The molecule has 5 nitrogen and oxygen atoms in total. The quantitative estimate of drug-likeness (QED) is 0.643. The van der Waals surface area contributed by atoms with Gasteiger partial charge in [0.1, 0.15) is 0 Å². The van der Waals surface area contributed by atoms with E-state index in [1.54, 1.807) is 14.2 Å². The zero-order chi connectivity index (χ0) is 20.9. The molecular weight excluding hydrogens is 376 g/mol. The molecule has 0 radical (unpaired) electrons. The first-order valence-corrected chi connectivity index (χ1v) is 11.2. The van der Waals surface area contributed by atoms with Crippen LogP contribution in [0.15, 0.2) is 42.6 Å². The number of aromatic nitrogens is 1. The summed E-state index contributed by atoms with van der Waals surface area (Å²) in [4.78, 5) is 4.79. The highest BCUT2D eigenvalue weighted by Crippen LogP contribution is 2.49. The summed E-state index contributed by atoms with van der Waals surface area (Å²) in [5.74, 6) is 1.54. The van der Waals surface area contributed by atoms with Gasteiger partial charge >= 0.3 is 0 Å². The van der Waals surface area contributed by atoms with E-state index in [4.69, 9.17) is 19.2 Å². The first-order valence-electron chi connectivity index (χ1n) is 11.2. The van der Waals surface area contributed by atoms with Crippen molar-refractivity contribution in [3.8, 4) is 11.5 Å². The second kappa shape index (κ2) is 9.36. The molecule has 0 bridgehead atoms. The van der Waals surface area contributed by atoms with Crippen molar-refractivity contribution in [2.24, 2.45) is 0 Å². The van der Waals surface area contributed by atoms with Gasteiger partial charge in [-0.05, 0) is 68.5 Å². The maximum atomic E-state index is 6.35. The third kappa shape index (κ3) is 4.47. The molecule has 1 N–H and O–H groups in total. The maximum absolute atomic E-state index is 6.35. The molecule has 1 saturated heterocycles. The Bertz CT molecular complexity index is 820. The molecule has 2 aromatic rings. The van der Waals surface area contributed by atoms with Gasteiger partial charge in [0.05, 0.1) is 19.8 Å². The Kier molecular flexibility index (Phi) is 6.59. The SMILES string of the molecule is COc1ccc(CNCC[C@@]2(c3ccccn3)CCOC3(CCCC3)C2)cc1OC. The normalized spacial score (nSPS) is 22.9. The van der Waals surface area contributed by atoms with Gasteiger partial charge in [-0.2, -0.15) is 0 Å². The molecule has 2 heterocycles. The van der Waals surface area contributed by atoms with Crippen LogP contribution in [0.1, 0.15) is 56.2 Å². The number of nitrogens with zero attached hydrogens (tertiary/aromatic N) is 1. The van der Waals surface area contributed by atoms with E-state index in [-0.39, 0.29) is 11.0 Å². The number of methoxy groups -OCH3 is 2. The minimum Gasteiger partial charge on any atom is -0.493 e. The molecule has 162 valence electrons. The predicted octanol–water partition coefficient (Wildman–Crippen LogP) is 4.64. The van der Waals surface area contributed by atoms with Gasteiger partial charge in [0.25, 0.3) is 0 Å². The molecule has 4 rings (SSSR count). The maximum Gasteiger partial charge on any atom is 0.161 e. The van der Waals surface area contributed by atoms with E-state index in [2.05, 4.69) is 23.5 Å². The van der Waals surface area contributed by atoms with Crippen molar-refractivity contribution in [3.05, 3.63) is 53.9 Å². The molecule has 1 aliphatic carbocycles. The number of rotatable bonds is 8. The lowest BCUT2D eigenvalue weighted by molar-refractivity contribution is -0.104. The van der Waals surface area contributed by atoms with Crippen LogP contribution in [0.25, 0.3) is 0 Å². The van der Waals surface area contributed by atoms with Crippen molar-refractivity contribution in [3.63, 3.8) is 0 Å². The van der Waals surface area contributed by atoms with Crippen molar-refractivity contribution < 1.29 is 14.2 Å². The van der Waals surface area contributed by atoms with E-state index in [1.807, 2.05) is 24.4 Å². The molecule has 5 heteroatoms. The Labute approximate surface area is 180 Å². The molecule has 1 aromatic heterocycles. The Hall–Kier alpha value is -2.11. The van der Waals surface area contributed by atoms with Crippen molar-refractivity contribution in [2.75, 3.05) is 27.4 Å². The average Bonchev–Trinajstić information content (AvgIpc) is 3.24. The van der Waals surface area contributed by atoms with Crippen molar-refractivity contribution in [2.45, 2.75) is 62.5 Å². The van der Waals surface area contributed by atoms with E-state index in [9.17, 15) is 0 Å². The topological polar surface area (TPSA) is 52.6 Å². The van der Waals surface area contributed by atoms with Crippen LogP contribution in [0.3, 0.4) is 0 Å². The van der Waals surface area contributed by atoms with E-state index < -0.39 is 0 Å². The first kappa shape index (κ1) is 21.1. The van der Waals surface area contributed by atoms with Crippen LogP contribution in [0, 0.1) is 0 Å². The zero-order valence-corrected chi connectivity index (χ0v) is 18.3. The van der Waals surface area contributed by atoms with Gasteiger partial charge in [-0.1, -0.05) is 25.0 Å². The standard InChI is InChI=1S/C25H34N2O3/c1-28-21-9-8-20(17-22(21)29-2)18-26-15-12-24(23-7-3-6-14-27-23)13-16-30-25(19-24)10-4-5-11-25/h3,6-9,14,17,26H,4-5,10-13,15-16,18-19H2,1-2H3/t24-/m1/s1. The molecule has 1 spiro atoms. The third-order valence-corrected chi connectivity index (χ3v) is 6.93. The fourth-order valence-electron chi connectivity index (χ4n) is 5.35. The number of ether oxygens (including phenoxy) is 3. The van der Waals surface area contributed by atoms with Gasteiger partial charge in [-0.25, -0.2) is 0 Å².